The molecular weight excluding hydrogens is 228 g/mol. The van der Waals surface area contributed by atoms with Crippen LogP contribution in [0, 0.1) is 5.92 Å². The Labute approximate surface area is 109 Å². The summed E-state index contributed by atoms with van der Waals surface area (Å²) in [6, 6.07) is 0. The van der Waals surface area contributed by atoms with Crippen LogP contribution in [0.4, 0.5) is 0 Å². The summed E-state index contributed by atoms with van der Waals surface area (Å²) in [4.78, 5) is 6.97. The molecule has 1 aromatic rings. The number of rotatable bonds is 5. The van der Waals surface area contributed by atoms with Crippen LogP contribution in [0.3, 0.4) is 0 Å². The van der Waals surface area contributed by atoms with E-state index in [1.54, 1.807) is 6.26 Å². The van der Waals surface area contributed by atoms with E-state index in [1.165, 1.54) is 25.9 Å². The maximum atomic E-state index is 9.09. The van der Waals surface area contributed by atoms with Gasteiger partial charge in [0.15, 0.2) is 5.89 Å². The average Bonchev–Trinajstić information content (AvgIpc) is 2.87. The van der Waals surface area contributed by atoms with Crippen molar-refractivity contribution in [3.8, 4) is 0 Å². The molecule has 0 amide bonds. The number of piperidine rings is 1. The lowest BCUT2D eigenvalue weighted by atomic mass is 9.93. The van der Waals surface area contributed by atoms with E-state index in [4.69, 9.17) is 9.52 Å². The highest BCUT2D eigenvalue weighted by Crippen LogP contribution is 2.22. The summed E-state index contributed by atoms with van der Waals surface area (Å²) in [6.07, 6.45) is 5.11. The number of aromatic nitrogens is 1. The highest BCUT2D eigenvalue weighted by Gasteiger charge is 2.20. The topological polar surface area (TPSA) is 49.5 Å². The maximum Gasteiger partial charge on any atom is 0.194 e. The van der Waals surface area contributed by atoms with E-state index in [0.29, 0.717) is 5.92 Å². The van der Waals surface area contributed by atoms with Gasteiger partial charge in [0.2, 0.25) is 0 Å². The number of nitrogens with zero attached hydrogens (tertiary/aromatic N) is 2. The van der Waals surface area contributed by atoms with Crippen molar-refractivity contribution in [3.05, 3.63) is 17.8 Å². The number of oxazole rings is 1. The third-order valence-corrected chi connectivity index (χ3v) is 3.97. The second kappa shape index (κ2) is 6.34. The Morgan fingerprint density at radius 1 is 1.50 bits per heavy atom. The molecule has 2 heterocycles. The minimum absolute atomic E-state index is 0.0736. The molecule has 4 nitrogen and oxygen atoms in total. The van der Waals surface area contributed by atoms with E-state index in [-0.39, 0.29) is 12.5 Å². The molecule has 0 aliphatic carbocycles. The molecule has 4 heteroatoms. The van der Waals surface area contributed by atoms with Gasteiger partial charge in [0.25, 0.3) is 0 Å². The van der Waals surface area contributed by atoms with Crippen molar-refractivity contribution in [3.63, 3.8) is 0 Å². The lowest BCUT2D eigenvalue weighted by Gasteiger charge is -2.30. The van der Waals surface area contributed by atoms with Gasteiger partial charge in [-0.1, -0.05) is 13.8 Å². The number of hydrogen-bond acceptors (Lipinski definition) is 4. The zero-order chi connectivity index (χ0) is 13.0. The third-order valence-electron chi connectivity index (χ3n) is 3.97. The lowest BCUT2D eigenvalue weighted by Crippen LogP contribution is -2.34. The summed E-state index contributed by atoms with van der Waals surface area (Å²) < 4.78 is 5.51. The first-order valence-electron chi connectivity index (χ1n) is 7.00. The van der Waals surface area contributed by atoms with Gasteiger partial charge in [-0.05, 0) is 38.4 Å². The van der Waals surface area contributed by atoms with Crippen LogP contribution >= 0.6 is 0 Å². The first-order valence-corrected chi connectivity index (χ1v) is 7.00. The summed E-state index contributed by atoms with van der Waals surface area (Å²) in [7, 11) is 0. The molecule has 1 aliphatic rings. The highest BCUT2D eigenvalue weighted by atomic mass is 16.3. The van der Waals surface area contributed by atoms with Crippen molar-refractivity contribution in [1.82, 2.24) is 9.88 Å². The van der Waals surface area contributed by atoms with Crippen LogP contribution in [0.2, 0.25) is 0 Å². The fourth-order valence-corrected chi connectivity index (χ4v) is 2.49. The maximum absolute atomic E-state index is 9.09. The predicted octanol–water partition coefficient (Wildman–Crippen LogP) is 2.04. The van der Waals surface area contributed by atoms with Crippen molar-refractivity contribution in [2.24, 2.45) is 5.92 Å². The van der Waals surface area contributed by atoms with Crippen LogP contribution in [0.25, 0.3) is 0 Å². The Morgan fingerprint density at radius 2 is 2.22 bits per heavy atom. The zero-order valence-corrected chi connectivity index (χ0v) is 11.4. The lowest BCUT2D eigenvalue weighted by molar-refractivity contribution is 0.187. The summed E-state index contributed by atoms with van der Waals surface area (Å²) in [6.45, 7) is 7.85. The first kappa shape index (κ1) is 13.6. The van der Waals surface area contributed by atoms with Crippen molar-refractivity contribution in [2.75, 3.05) is 26.2 Å². The molecule has 0 saturated carbocycles. The van der Waals surface area contributed by atoms with Crippen LogP contribution in [0.1, 0.15) is 44.2 Å². The van der Waals surface area contributed by atoms with Gasteiger partial charge in [0.05, 0.1) is 12.3 Å². The van der Waals surface area contributed by atoms with Crippen LogP contribution in [0.15, 0.2) is 10.7 Å². The smallest absolute Gasteiger partial charge is 0.194 e. The Balaban J connectivity index is 1.85. The summed E-state index contributed by atoms with van der Waals surface area (Å²) in [5.74, 6) is 1.61. The number of likely N-dealkylation sites (tertiary alicyclic amines) is 1. The van der Waals surface area contributed by atoms with Crippen LogP contribution in [-0.4, -0.2) is 41.2 Å². The Hall–Kier alpha value is -0.870. The van der Waals surface area contributed by atoms with Crippen LogP contribution in [-0.2, 0) is 6.42 Å². The monoisotopic (exact) mass is 252 g/mol. The number of aliphatic hydroxyl groups excluding tert-OH is 1. The molecule has 2 rings (SSSR count). The van der Waals surface area contributed by atoms with Gasteiger partial charge >= 0.3 is 0 Å². The molecule has 1 fully saturated rings. The summed E-state index contributed by atoms with van der Waals surface area (Å²) >= 11 is 0. The molecule has 0 radical (unpaired) electrons. The molecule has 1 aromatic heterocycles. The fourth-order valence-electron chi connectivity index (χ4n) is 2.49. The van der Waals surface area contributed by atoms with Crippen molar-refractivity contribution >= 4 is 0 Å². The van der Waals surface area contributed by atoms with E-state index in [2.05, 4.69) is 16.8 Å². The normalized spacial score (nSPS) is 20.2. The van der Waals surface area contributed by atoms with Gasteiger partial charge in [0.1, 0.15) is 6.26 Å². The summed E-state index contributed by atoms with van der Waals surface area (Å²) in [5, 5.41) is 9.09. The summed E-state index contributed by atoms with van der Waals surface area (Å²) in [5.41, 5.74) is 0.874. The number of aliphatic hydroxyl groups is 1. The molecule has 0 spiro atoms. The van der Waals surface area contributed by atoms with E-state index < -0.39 is 0 Å². The molecular formula is C14H24N2O2. The van der Waals surface area contributed by atoms with E-state index in [0.717, 1.165) is 24.6 Å². The Kier molecular flexibility index (Phi) is 4.78. The molecule has 1 aliphatic heterocycles. The standard InChI is InChI=1S/C14H24N2O2/c1-3-16-6-4-12(5-7-16)8-14-15-13(10-18-14)11(2)9-17/h10-12,17H,3-9H2,1-2H3. The van der Waals surface area contributed by atoms with Gasteiger partial charge in [-0.25, -0.2) is 4.98 Å². The zero-order valence-electron chi connectivity index (χ0n) is 11.4. The van der Waals surface area contributed by atoms with Gasteiger partial charge in [-0.15, -0.1) is 0 Å². The minimum Gasteiger partial charge on any atom is -0.449 e. The molecule has 1 saturated heterocycles. The van der Waals surface area contributed by atoms with Crippen molar-refractivity contribution in [1.29, 1.82) is 0 Å². The molecule has 18 heavy (non-hydrogen) atoms. The van der Waals surface area contributed by atoms with Gasteiger partial charge in [0, 0.05) is 12.3 Å². The van der Waals surface area contributed by atoms with Gasteiger partial charge in [-0.3, -0.25) is 0 Å². The molecule has 1 atom stereocenters. The molecule has 0 aromatic carbocycles. The van der Waals surface area contributed by atoms with Gasteiger partial charge in [-0.2, -0.15) is 0 Å². The van der Waals surface area contributed by atoms with E-state index >= 15 is 0 Å². The first-order chi connectivity index (χ1) is 8.72. The highest BCUT2D eigenvalue weighted by molar-refractivity contribution is 5.03. The predicted molar refractivity (Wildman–Crippen MR) is 70.5 cm³/mol. The Bertz CT molecular complexity index is 356. The molecule has 1 unspecified atom stereocenters. The molecule has 1 N–H and O–H groups in total. The second-order valence-electron chi connectivity index (χ2n) is 5.33. The SMILES string of the molecule is CCN1CCC(Cc2nc(C(C)CO)co2)CC1. The quantitative estimate of drug-likeness (QED) is 0.871. The average molecular weight is 252 g/mol. The largest absolute Gasteiger partial charge is 0.449 e. The van der Waals surface area contributed by atoms with Crippen molar-refractivity contribution < 1.29 is 9.52 Å². The van der Waals surface area contributed by atoms with Crippen molar-refractivity contribution in [2.45, 2.75) is 39.0 Å². The van der Waals surface area contributed by atoms with Crippen LogP contribution in [0.5, 0.6) is 0 Å². The second-order valence-corrected chi connectivity index (χ2v) is 5.33. The number of hydrogen-bond donors (Lipinski definition) is 1. The fraction of sp³-hybridized carbons (Fsp3) is 0.786. The molecule has 0 bridgehead atoms. The van der Waals surface area contributed by atoms with E-state index in [1.807, 2.05) is 6.92 Å². The van der Waals surface area contributed by atoms with Crippen LogP contribution < -0.4 is 0 Å². The minimum atomic E-state index is 0.0736. The molecule has 102 valence electrons. The van der Waals surface area contributed by atoms with E-state index in [9.17, 15) is 0 Å². The Morgan fingerprint density at radius 3 is 2.83 bits per heavy atom. The third kappa shape index (κ3) is 3.33. The van der Waals surface area contributed by atoms with Gasteiger partial charge < -0.3 is 14.4 Å².